The van der Waals surface area contributed by atoms with E-state index in [9.17, 15) is 4.79 Å². The normalized spacial score (nSPS) is 16.3. The van der Waals surface area contributed by atoms with Gasteiger partial charge in [0.1, 0.15) is 0 Å². The quantitative estimate of drug-likeness (QED) is 0.523. The van der Waals surface area contributed by atoms with Gasteiger partial charge in [-0.05, 0) is 0 Å². The topological polar surface area (TPSA) is 65.2 Å². The van der Waals surface area contributed by atoms with Crippen LogP contribution in [0.25, 0.3) is 0 Å². The highest BCUT2D eigenvalue weighted by Gasteiger charge is 2.12. The fraction of sp³-hybridized carbons (Fsp3) is 0.400. The first kappa shape index (κ1) is 5.76. The molecule has 1 amide bonds. The average Bonchev–Trinajstić information content (AvgIpc) is 2.17. The van der Waals surface area contributed by atoms with Crippen molar-refractivity contribution in [1.82, 2.24) is 5.43 Å². The third kappa shape index (κ3) is 1.26. The number of nitrogens with one attached hydrogen (secondary N) is 1. The Morgan fingerprint density at radius 2 is 2.67 bits per heavy atom. The zero-order valence-electron chi connectivity index (χ0n) is 4.72. The summed E-state index contributed by atoms with van der Waals surface area (Å²) in [5, 5.41) is 11.7. The molecule has 0 bridgehead atoms. The van der Waals surface area contributed by atoms with Gasteiger partial charge in [-0.25, -0.2) is 5.43 Å². The van der Waals surface area contributed by atoms with Crippen LogP contribution in [-0.2, 0) is 4.79 Å². The van der Waals surface area contributed by atoms with Crippen LogP contribution in [0.3, 0.4) is 0 Å². The number of amides is 1. The number of hydrazone groups is 1. The highest BCUT2D eigenvalue weighted by atomic mass is 16.2. The zero-order chi connectivity index (χ0) is 6.69. The van der Waals surface area contributed by atoms with E-state index in [4.69, 9.17) is 5.26 Å². The molecule has 0 aliphatic carbocycles. The van der Waals surface area contributed by atoms with Crippen molar-refractivity contribution in [3.63, 3.8) is 0 Å². The van der Waals surface area contributed by atoms with Crippen LogP contribution in [-0.4, -0.2) is 11.6 Å². The van der Waals surface area contributed by atoms with E-state index < -0.39 is 0 Å². The summed E-state index contributed by atoms with van der Waals surface area (Å²) >= 11 is 0. The SMILES string of the molecule is N#CCC1=NNC(=O)C1. The van der Waals surface area contributed by atoms with Crippen LogP contribution >= 0.6 is 0 Å². The summed E-state index contributed by atoms with van der Waals surface area (Å²) in [7, 11) is 0. The van der Waals surface area contributed by atoms with Crippen LogP contribution in [0.2, 0.25) is 0 Å². The van der Waals surface area contributed by atoms with Gasteiger partial charge in [-0.2, -0.15) is 10.4 Å². The first-order chi connectivity index (χ1) is 4.33. The minimum Gasteiger partial charge on any atom is -0.273 e. The number of carbonyl (C=O) groups is 1. The molecular weight excluding hydrogens is 118 g/mol. The van der Waals surface area contributed by atoms with Crippen molar-refractivity contribution in [1.29, 1.82) is 5.26 Å². The Labute approximate surface area is 52.2 Å². The fourth-order valence-electron chi connectivity index (χ4n) is 0.599. The molecule has 0 aromatic carbocycles. The number of hydrogen-bond acceptors (Lipinski definition) is 3. The Morgan fingerprint density at radius 1 is 1.89 bits per heavy atom. The lowest BCUT2D eigenvalue weighted by Gasteiger charge is -1.80. The number of nitriles is 1. The lowest BCUT2D eigenvalue weighted by molar-refractivity contribution is -0.119. The maximum atomic E-state index is 10.4. The highest BCUT2D eigenvalue weighted by Crippen LogP contribution is 1.97. The molecule has 1 aliphatic heterocycles. The Balaban J connectivity index is 2.47. The molecule has 0 radical (unpaired) electrons. The Bertz CT molecular complexity index is 201. The monoisotopic (exact) mass is 123 g/mol. The third-order valence-corrected chi connectivity index (χ3v) is 0.986. The number of carbonyl (C=O) groups excluding carboxylic acids is 1. The van der Waals surface area contributed by atoms with Crippen molar-refractivity contribution < 1.29 is 4.79 Å². The largest absolute Gasteiger partial charge is 0.273 e. The van der Waals surface area contributed by atoms with Crippen molar-refractivity contribution in [3.05, 3.63) is 0 Å². The maximum Gasteiger partial charge on any atom is 0.245 e. The van der Waals surface area contributed by atoms with Gasteiger partial charge in [-0.1, -0.05) is 0 Å². The molecule has 0 saturated heterocycles. The number of rotatable bonds is 1. The second-order valence-electron chi connectivity index (χ2n) is 1.72. The lowest BCUT2D eigenvalue weighted by atomic mass is 10.2. The molecule has 0 fully saturated rings. The van der Waals surface area contributed by atoms with E-state index in [2.05, 4.69) is 10.5 Å². The molecule has 1 rings (SSSR count). The highest BCUT2D eigenvalue weighted by molar-refractivity contribution is 6.05. The van der Waals surface area contributed by atoms with E-state index in [-0.39, 0.29) is 18.7 Å². The predicted molar refractivity (Wildman–Crippen MR) is 30.4 cm³/mol. The first-order valence-corrected chi connectivity index (χ1v) is 2.54. The standard InChI is InChI=1S/C5H5N3O/c6-2-1-4-3-5(9)8-7-4/h1,3H2,(H,8,9). The van der Waals surface area contributed by atoms with Gasteiger partial charge in [-0.15, -0.1) is 0 Å². The summed E-state index contributed by atoms with van der Waals surface area (Å²) in [5.41, 5.74) is 2.88. The van der Waals surface area contributed by atoms with Crippen molar-refractivity contribution in [3.8, 4) is 6.07 Å². The number of hydrogen-bond donors (Lipinski definition) is 1. The van der Waals surface area contributed by atoms with Gasteiger partial charge in [0.25, 0.3) is 0 Å². The molecule has 1 heterocycles. The molecule has 0 spiro atoms. The van der Waals surface area contributed by atoms with Crippen molar-refractivity contribution in [2.75, 3.05) is 0 Å². The van der Waals surface area contributed by atoms with Gasteiger partial charge in [0, 0.05) is 0 Å². The minimum atomic E-state index is -0.125. The van der Waals surface area contributed by atoms with Crippen molar-refractivity contribution in [2.24, 2.45) is 5.10 Å². The lowest BCUT2D eigenvalue weighted by Crippen LogP contribution is -2.08. The smallest absolute Gasteiger partial charge is 0.245 e. The molecule has 0 atom stereocenters. The second kappa shape index (κ2) is 2.27. The first-order valence-electron chi connectivity index (χ1n) is 2.54. The van der Waals surface area contributed by atoms with E-state index in [0.717, 1.165) is 0 Å². The molecule has 4 heteroatoms. The van der Waals surface area contributed by atoms with Crippen molar-refractivity contribution >= 4 is 11.6 Å². The molecule has 0 aromatic heterocycles. The van der Waals surface area contributed by atoms with Crippen LogP contribution in [0, 0.1) is 11.3 Å². The van der Waals surface area contributed by atoms with Gasteiger partial charge < -0.3 is 0 Å². The average molecular weight is 123 g/mol. The maximum absolute atomic E-state index is 10.4. The summed E-state index contributed by atoms with van der Waals surface area (Å²) < 4.78 is 0. The van der Waals surface area contributed by atoms with Crippen LogP contribution in [0.5, 0.6) is 0 Å². The summed E-state index contributed by atoms with van der Waals surface area (Å²) in [5.74, 6) is -0.125. The molecule has 1 aliphatic rings. The summed E-state index contributed by atoms with van der Waals surface area (Å²) in [6, 6.07) is 1.91. The minimum absolute atomic E-state index is 0.125. The van der Waals surface area contributed by atoms with Gasteiger partial charge in [0.15, 0.2) is 0 Å². The Morgan fingerprint density at radius 3 is 3.11 bits per heavy atom. The molecule has 1 N–H and O–H groups in total. The van der Waals surface area contributed by atoms with Crippen molar-refractivity contribution in [2.45, 2.75) is 12.8 Å². The van der Waals surface area contributed by atoms with Gasteiger partial charge in [-0.3, -0.25) is 4.79 Å². The van der Waals surface area contributed by atoms with Gasteiger partial charge in [0.2, 0.25) is 5.91 Å². The number of nitrogens with zero attached hydrogens (tertiary/aromatic N) is 2. The molecule has 9 heavy (non-hydrogen) atoms. The van der Waals surface area contributed by atoms with Gasteiger partial charge >= 0.3 is 0 Å². The molecule has 0 aromatic rings. The molecule has 0 unspecified atom stereocenters. The van der Waals surface area contributed by atoms with Crippen LogP contribution in [0.4, 0.5) is 0 Å². The van der Waals surface area contributed by atoms with Crippen LogP contribution < -0.4 is 5.43 Å². The molecule has 46 valence electrons. The van der Waals surface area contributed by atoms with Crippen LogP contribution in [0.1, 0.15) is 12.8 Å². The predicted octanol–water partition coefficient (Wildman–Crippen LogP) is -0.224. The second-order valence-corrected chi connectivity index (χ2v) is 1.72. The van der Waals surface area contributed by atoms with E-state index in [1.807, 2.05) is 6.07 Å². The molecule has 0 saturated carbocycles. The van der Waals surface area contributed by atoms with E-state index >= 15 is 0 Å². The Hall–Kier alpha value is -1.37. The van der Waals surface area contributed by atoms with E-state index in [1.54, 1.807) is 0 Å². The van der Waals surface area contributed by atoms with E-state index in [0.29, 0.717) is 5.71 Å². The summed E-state index contributed by atoms with van der Waals surface area (Å²) in [4.78, 5) is 10.4. The van der Waals surface area contributed by atoms with Gasteiger partial charge in [0.05, 0.1) is 24.6 Å². The Kier molecular flexibility index (Phi) is 1.45. The molecular formula is C5H5N3O. The summed E-state index contributed by atoms with van der Waals surface area (Å²) in [6.07, 6.45) is 0.534. The van der Waals surface area contributed by atoms with Crippen LogP contribution in [0.15, 0.2) is 5.10 Å². The third-order valence-electron chi connectivity index (χ3n) is 0.986. The zero-order valence-corrected chi connectivity index (χ0v) is 4.72. The summed E-state index contributed by atoms with van der Waals surface area (Å²) in [6.45, 7) is 0. The fourth-order valence-corrected chi connectivity index (χ4v) is 0.599. The molecule has 4 nitrogen and oxygen atoms in total. The van der Waals surface area contributed by atoms with E-state index in [1.165, 1.54) is 0 Å².